The molecular formula is C27H21N2O+. The molecule has 0 fully saturated rings. The molecule has 0 saturated carbocycles. The number of benzene rings is 3. The summed E-state index contributed by atoms with van der Waals surface area (Å²) < 4.78 is 72.5. The van der Waals surface area contributed by atoms with E-state index in [0.29, 0.717) is 27.6 Å². The van der Waals surface area contributed by atoms with Crippen LogP contribution in [0.15, 0.2) is 77.2 Å². The Balaban J connectivity index is 1.90. The maximum absolute atomic E-state index is 9.90. The van der Waals surface area contributed by atoms with Crippen LogP contribution in [-0.4, -0.2) is 0 Å². The molecule has 0 atom stereocenters. The minimum atomic E-state index is -2.26. The molecule has 3 aromatic carbocycles. The molecule has 0 radical (unpaired) electrons. The van der Waals surface area contributed by atoms with Crippen molar-refractivity contribution in [2.75, 3.05) is 0 Å². The van der Waals surface area contributed by atoms with E-state index in [1.165, 1.54) is 0 Å². The third-order valence-electron chi connectivity index (χ3n) is 5.28. The molecule has 0 unspecified atom stereocenters. The summed E-state index contributed by atoms with van der Waals surface area (Å²) in [4.78, 5) is 0. The molecule has 0 aliphatic heterocycles. The highest BCUT2D eigenvalue weighted by Gasteiger charge is 2.22. The summed E-state index contributed by atoms with van der Waals surface area (Å²) in [6, 6.07) is 10.0. The third kappa shape index (κ3) is 2.69. The van der Waals surface area contributed by atoms with Crippen molar-refractivity contribution in [1.82, 2.24) is 0 Å². The van der Waals surface area contributed by atoms with Gasteiger partial charge in [0.1, 0.15) is 18.2 Å². The van der Waals surface area contributed by atoms with E-state index in [1.54, 1.807) is 42.1 Å². The monoisotopic (exact) mass is 397 g/mol. The molecule has 5 rings (SSSR count). The van der Waals surface area contributed by atoms with Gasteiger partial charge < -0.3 is 4.42 Å². The minimum absolute atomic E-state index is 0.108. The van der Waals surface area contributed by atoms with Crippen LogP contribution < -0.4 is 4.57 Å². The van der Waals surface area contributed by atoms with Crippen LogP contribution in [-0.2, 0) is 7.05 Å². The van der Waals surface area contributed by atoms with Gasteiger partial charge in [0.2, 0.25) is 5.69 Å². The van der Waals surface area contributed by atoms with Gasteiger partial charge in [0, 0.05) is 32.1 Å². The SMILES string of the molecule is [2H]c1c([2H])c([2H])c(-c2c(C#N)ccc3c2oc2c(-c4ccc(C([2H])([2H])[2H])c[n+]4C)c(C)ccc23)c([2H])c1[2H]. The lowest BCUT2D eigenvalue weighted by molar-refractivity contribution is -0.660. The first-order valence-electron chi connectivity index (χ1n) is 13.3. The number of furan rings is 1. The molecular weight excluding hydrogens is 368 g/mol. The van der Waals surface area contributed by atoms with Gasteiger partial charge in [-0.1, -0.05) is 42.3 Å². The fourth-order valence-electron chi connectivity index (χ4n) is 3.90. The van der Waals surface area contributed by atoms with Crippen molar-refractivity contribution in [3.05, 3.63) is 89.5 Å². The molecule has 0 amide bonds. The maximum Gasteiger partial charge on any atom is 0.216 e. The van der Waals surface area contributed by atoms with Gasteiger partial charge in [-0.25, -0.2) is 4.57 Å². The van der Waals surface area contributed by atoms with Gasteiger partial charge in [-0.15, -0.1) is 0 Å². The Morgan fingerprint density at radius 3 is 2.40 bits per heavy atom. The topological polar surface area (TPSA) is 40.8 Å². The normalized spacial score (nSPS) is 15.4. The molecule has 3 nitrogen and oxygen atoms in total. The number of aryl methyl sites for hydroxylation is 3. The van der Waals surface area contributed by atoms with Crippen LogP contribution >= 0.6 is 0 Å². The smallest absolute Gasteiger partial charge is 0.216 e. The Kier molecular flexibility index (Phi) is 2.59. The van der Waals surface area contributed by atoms with Crippen LogP contribution in [0.1, 0.15) is 27.7 Å². The molecule has 3 heteroatoms. The number of hydrogen-bond acceptors (Lipinski definition) is 2. The van der Waals surface area contributed by atoms with E-state index >= 15 is 0 Å². The lowest BCUT2D eigenvalue weighted by atomic mass is 9.96. The van der Waals surface area contributed by atoms with Crippen molar-refractivity contribution in [3.8, 4) is 28.5 Å². The molecule has 2 aromatic heterocycles. The lowest BCUT2D eigenvalue weighted by Gasteiger charge is -2.06. The molecule has 144 valence electrons. The molecule has 0 spiro atoms. The standard InChI is InChI=1S/C27H21N2O/c1-17-9-14-23(29(3)16-17)24-18(2)10-12-21-22-13-11-20(15-28)25(27(22)30-26(21)24)19-7-5-4-6-8-19/h4-14,16H,1-3H3/q+1/i1D3,4D,5D,6D,7D,8D. The lowest BCUT2D eigenvalue weighted by Crippen LogP contribution is -2.31. The van der Waals surface area contributed by atoms with Gasteiger partial charge in [-0.2, -0.15) is 5.26 Å². The molecule has 0 aliphatic rings. The first-order valence-corrected chi connectivity index (χ1v) is 9.33. The Morgan fingerprint density at radius 2 is 1.70 bits per heavy atom. The Labute approximate surface area is 186 Å². The molecule has 0 saturated heterocycles. The van der Waals surface area contributed by atoms with Crippen LogP contribution in [0.2, 0.25) is 0 Å². The molecule has 0 aliphatic carbocycles. The van der Waals surface area contributed by atoms with Crippen LogP contribution in [0.5, 0.6) is 0 Å². The molecule has 2 heterocycles. The van der Waals surface area contributed by atoms with Crippen molar-refractivity contribution in [3.63, 3.8) is 0 Å². The fraction of sp³-hybridized carbons (Fsp3) is 0.111. The summed E-state index contributed by atoms with van der Waals surface area (Å²) in [6.45, 7) is -0.361. The molecule has 0 N–H and O–H groups in total. The van der Waals surface area contributed by atoms with E-state index in [9.17, 15) is 5.26 Å². The van der Waals surface area contributed by atoms with Gasteiger partial charge in [-0.3, -0.25) is 0 Å². The highest BCUT2D eigenvalue weighted by molar-refractivity contribution is 6.13. The first kappa shape index (κ1) is 11.3. The van der Waals surface area contributed by atoms with E-state index in [0.717, 1.165) is 5.56 Å². The van der Waals surface area contributed by atoms with Gasteiger partial charge in [0.15, 0.2) is 6.20 Å². The summed E-state index contributed by atoms with van der Waals surface area (Å²) in [5.41, 5.74) is 3.30. The predicted molar refractivity (Wildman–Crippen MR) is 120 cm³/mol. The number of nitriles is 1. The van der Waals surface area contributed by atoms with Gasteiger partial charge >= 0.3 is 0 Å². The quantitative estimate of drug-likeness (QED) is 0.331. The summed E-state index contributed by atoms with van der Waals surface area (Å²) in [7, 11) is 1.75. The van der Waals surface area contributed by atoms with Gasteiger partial charge in [-0.05, 0) is 43.1 Å². The average Bonchev–Trinajstić information content (AvgIpc) is 3.25. The summed E-state index contributed by atoms with van der Waals surface area (Å²) in [6.07, 6.45) is 1.55. The van der Waals surface area contributed by atoms with E-state index in [4.69, 9.17) is 15.4 Å². The predicted octanol–water partition coefficient (Wildman–Crippen LogP) is 6.23. The largest absolute Gasteiger partial charge is 0.454 e. The van der Waals surface area contributed by atoms with Crippen LogP contribution in [0, 0.1) is 25.1 Å². The summed E-state index contributed by atoms with van der Waals surface area (Å²) >= 11 is 0. The van der Waals surface area contributed by atoms with Gasteiger partial charge in [0.25, 0.3) is 0 Å². The van der Waals surface area contributed by atoms with Gasteiger partial charge in [0.05, 0.1) is 24.0 Å². The van der Waals surface area contributed by atoms with Crippen molar-refractivity contribution < 1.29 is 20.0 Å². The number of pyridine rings is 1. The third-order valence-corrected chi connectivity index (χ3v) is 5.28. The van der Waals surface area contributed by atoms with Crippen LogP contribution in [0.25, 0.3) is 44.3 Å². The Hall–Kier alpha value is -3.90. The minimum Gasteiger partial charge on any atom is -0.454 e. The second kappa shape index (κ2) is 6.86. The number of hydrogen-bond donors (Lipinski definition) is 0. The average molecular weight is 398 g/mol. The number of fused-ring (bicyclic) bond motifs is 3. The fourth-order valence-corrected chi connectivity index (χ4v) is 3.90. The van der Waals surface area contributed by atoms with Crippen molar-refractivity contribution in [2.45, 2.75) is 13.8 Å². The number of nitrogens with zero attached hydrogens (tertiary/aromatic N) is 2. The number of rotatable bonds is 2. The zero-order valence-corrected chi connectivity index (χ0v) is 16.3. The first-order chi connectivity index (χ1) is 17.9. The second-order valence-corrected chi connectivity index (χ2v) is 7.13. The summed E-state index contributed by atoms with van der Waals surface area (Å²) in [5.74, 6) is 0. The van der Waals surface area contributed by atoms with E-state index in [1.807, 2.05) is 19.1 Å². The second-order valence-electron chi connectivity index (χ2n) is 7.13. The Morgan fingerprint density at radius 1 is 0.967 bits per heavy atom. The van der Waals surface area contributed by atoms with E-state index in [2.05, 4.69) is 6.07 Å². The molecule has 5 aromatic rings. The summed E-state index contributed by atoms with van der Waals surface area (Å²) in [5, 5.41) is 11.2. The molecule has 30 heavy (non-hydrogen) atoms. The van der Waals surface area contributed by atoms with Crippen molar-refractivity contribution in [1.29, 1.82) is 5.26 Å². The van der Waals surface area contributed by atoms with E-state index in [-0.39, 0.29) is 27.8 Å². The van der Waals surface area contributed by atoms with E-state index < -0.39 is 37.1 Å². The maximum atomic E-state index is 9.90. The molecule has 0 bridgehead atoms. The van der Waals surface area contributed by atoms with Crippen LogP contribution in [0.4, 0.5) is 0 Å². The number of aromatic nitrogens is 1. The van der Waals surface area contributed by atoms with Crippen molar-refractivity contribution in [2.24, 2.45) is 7.05 Å². The zero-order valence-electron chi connectivity index (χ0n) is 24.3. The zero-order chi connectivity index (χ0) is 27.7. The highest BCUT2D eigenvalue weighted by atomic mass is 16.3. The van der Waals surface area contributed by atoms with Crippen molar-refractivity contribution >= 4 is 21.9 Å². The Bertz CT molecular complexity index is 1820. The highest BCUT2D eigenvalue weighted by Crippen LogP contribution is 2.41. The van der Waals surface area contributed by atoms with Crippen LogP contribution in [0.3, 0.4) is 0 Å².